The molecule has 0 amide bonds. The lowest BCUT2D eigenvalue weighted by atomic mass is 10.1. The molecule has 0 fully saturated rings. The molecule has 0 unspecified atom stereocenters. The third kappa shape index (κ3) is 3.13. The highest BCUT2D eigenvalue weighted by Crippen LogP contribution is 2.26. The Hall–Kier alpha value is -1.76. The first-order chi connectivity index (χ1) is 6.93. The van der Waals surface area contributed by atoms with Gasteiger partial charge in [0, 0.05) is 0 Å². The molecule has 0 saturated carbocycles. The lowest BCUT2D eigenvalue weighted by Gasteiger charge is -2.03. The summed E-state index contributed by atoms with van der Waals surface area (Å²) in [6.45, 7) is 1.84. The van der Waals surface area contributed by atoms with Crippen LogP contribution in [0.4, 0.5) is 13.2 Å². The van der Waals surface area contributed by atoms with Crippen LogP contribution in [-0.4, -0.2) is 6.18 Å². The highest BCUT2D eigenvalue weighted by atomic mass is 19.4. The number of alkyl halides is 3. The Kier molecular flexibility index (Phi) is 3.15. The van der Waals surface area contributed by atoms with Gasteiger partial charge >= 0.3 is 6.18 Å². The number of allylic oxidation sites excluding steroid dienone is 1. The molecule has 15 heavy (non-hydrogen) atoms. The fraction of sp³-hybridized carbons (Fsp3) is 0.182. The monoisotopic (exact) mass is 211 g/mol. The minimum Gasteiger partial charge on any atom is -0.192 e. The molecule has 0 spiro atoms. The number of aryl methyl sites for hydroxylation is 1. The van der Waals surface area contributed by atoms with Crippen LogP contribution in [0.3, 0.4) is 0 Å². The Morgan fingerprint density at radius 3 is 2.20 bits per heavy atom. The number of rotatable bonds is 1. The molecule has 78 valence electrons. The largest absolute Gasteiger partial charge is 0.426 e. The van der Waals surface area contributed by atoms with Crippen LogP contribution in [0.25, 0.3) is 6.08 Å². The quantitative estimate of drug-likeness (QED) is 0.652. The molecule has 0 saturated heterocycles. The zero-order valence-electron chi connectivity index (χ0n) is 7.97. The fourth-order valence-electron chi connectivity index (χ4n) is 1.01. The molecule has 0 heterocycles. The molecular formula is C11H8F3N. The van der Waals surface area contributed by atoms with Crippen molar-refractivity contribution in [3.63, 3.8) is 0 Å². The normalized spacial score (nSPS) is 12.3. The Bertz CT molecular complexity index is 407. The maximum atomic E-state index is 12.2. The van der Waals surface area contributed by atoms with Gasteiger partial charge in [0.1, 0.15) is 11.6 Å². The summed E-state index contributed by atoms with van der Waals surface area (Å²) in [5, 5.41) is 8.34. The van der Waals surface area contributed by atoms with E-state index in [1.807, 2.05) is 6.92 Å². The predicted molar refractivity (Wildman–Crippen MR) is 50.8 cm³/mol. The second kappa shape index (κ2) is 4.18. The topological polar surface area (TPSA) is 23.8 Å². The van der Waals surface area contributed by atoms with Crippen LogP contribution in [0.15, 0.2) is 29.8 Å². The van der Waals surface area contributed by atoms with E-state index in [9.17, 15) is 13.2 Å². The molecule has 0 atom stereocenters. The van der Waals surface area contributed by atoms with Crippen LogP contribution in [0, 0.1) is 18.3 Å². The third-order valence-corrected chi connectivity index (χ3v) is 1.81. The van der Waals surface area contributed by atoms with E-state index in [0.29, 0.717) is 5.56 Å². The number of hydrogen-bond acceptors (Lipinski definition) is 1. The number of benzene rings is 1. The van der Waals surface area contributed by atoms with Crippen molar-refractivity contribution in [2.75, 3.05) is 0 Å². The van der Waals surface area contributed by atoms with Gasteiger partial charge in [-0.2, -0.15) is 18.4 Å². The van der Waals surface area contributed by atoms with Gasteiger partial charge in [-0.1, -0.05) is 29.8 Å². The van der Waals surface area contributed by atoms with Crippen LogP contribution in [-0.2, 0) is 0 Å². The van der Waals surface area contributed by atoms with Gasteiger partial charge in [0.2, 0.25) is 0 Å². The highest BCUT2D eigenvalue weighted by Gasteiger charge is 2.33. The molecule has 1 nitrogen and oxygen atoms in total. The average Bonchev–Trinajstić information content (AvgIpc) is 2.15. The molecule has 0 N–H and O–H groups in total. The minimum absolute atomic E-state index is 0.370. The fourth-order valence-corrected chi connectivity index (χ4v) is 1.01. The molecule has 1 rings (SSSR count). The van der Waals surface area contributed by atoms with Gasteiger partial charge in [0.05, 0.1) is 0 Å². The molecule has 1 aromatic carbocycles. The highest BCUT2D eigenvalue weighted by molar-refractivity contribution is 5.58. The van der Waals surface area contributed by atoms with E-state index in [1.165, 1.54) is 0 Å². The van der Waals surface area contributed by atoms with Crippen LogP contribution >= 0.6 is 0 Å². The summed E-state index contributed by atoms with van der Waals surface area (Å²) in [6.07, 6.45) is -3.75. The molecular weight excluding hydrogens is 203 g/mol. The van der Waals surface area contributed by atoms with Crippen molar-refractivity contribution < 1.29 is 13.2 Å². The van der Waals surface area contributed by atoms with E-state index < -0.39 is 11.7 Å². The van der Waals surface area contributed by atoms with Crippen molar-refractivity contribution in [1.82, 2.24) is 0 Å². The maximum absolute atomic E-state index is 12.2. The average molecular weight is 211 g/mol. The molecule has 4 heteroatoms. The second-order valence-corrected chi connectivity index (χ2v) is 3.08. The Balaban J connectivity index is 3.06. The first-order valence-electron chi connectivity index (χ1n) is 4.19. The summed E-state index contributed by atoms with van der Waals surface area (Å²) in [5.74, 6) is 0. The minimum atomic E-state index is -4.58. The number of halogens is 3. The van der Waals surface area contributed by atoms with Gasteiger partial charge < -0.3 is 0 Å². The van der Waals surface area contributed by atoms with Crippen molar-refractivity contribution in [2.45, 2.75) is 13.1 Å². The van der Waals surface area contributed by atoms with E-state index in [0.717, 1.165) is 17.7 Å². The van der Waals surface area contributed by atoms with Gasteiger partial charge in [-0.25, -0.2) is 0 Å². The van der Waals surface area contributed by atoms with Gasteiger partial charge in [0.15, 0.2) is 0 Å². The molecule has 0 aliphatic heterocycles. The number of hydrogen-bond donors (Lipinski definition) is 0. The molecule has 0 aliphatic carbocycles. The van der Waals surface area contributed by atoms with E-state index in [1.54, 1.807) is 24.3 Å². The van der Waals surface area contributed by atoms with E-state index in [4.69, 9.17) is 5.26 Å². The second-order valence-electron chi connectivity index (χ2n) is 3.08. The van der Waals surface area contributed by atoms with Crippen molar-refractivity contribution in [3.05, 3.63) is 41.0 Å². The van der Waals surface area contributed by atoms with Crippen molar-refractivity contribution in [3.8, 4) is 6.07 Å². The summed E-state index contributed by atoms with van der Waals surface area (Å²) in [6, 6.07) is 7.60. The molecule has 0 aromatic heterocycles. The Morgan fingerprint density at radius 2 is 1.80 bits per heavy atom. The summed E-state index contributed by atoms with van der Waals surface area (Å²) in [4.78, 5) is 0. The van der Waals surface area contributed by atoms with E-state index in [2.05, 4.69) is 0 Å². The zero-order valence-corrected chi connectivity index (χ0v) is 7.97. The van der Waals surface area contributed by atoms with E-state index >= 15 is 0 Å². The molecule has 0 aliphatic rings. The van der Waals surface area contributed by atoms with Gasteiger partial charge in [-0.3, -0.25) is 0 Å². The molecule has 0 bridgehead atoms. The number of nitriles is 1. The Morgan fingerprint density at radius 1 is 1.27 bits per heavy atom. The van der Waals surface area contributed by atoms with Crippen LogP contribution < -0.4 is 0 Å². The van der Waals surface area contributed by atoms with Crippen LogP contribution in [0.2, 0.25) is 0 Å². The molecule has 0 radical (unpaired) electrons. The maximum Gasteiger partial charge on any atom is 0.426 e. The zero-order chi connectivity index (χ0) is 11.5. The predicted octanol–water partition coefficient (Wildman–Crippen LogP) is 3.46. The summed E-state index contributed by atoms with van der Waals surface area (Å²) < 4.78 is 36.6. The van der Waals surface area contributed by atoms with Crippen LogP contribution in [0.5, 0.6) is 0 Å². The summed E-state index contributed by atoms with van der Waals surface area (Å²) in [5.41, 5.74) is 0.137. The number of nitrogens with zero attached hydrogens (tertiary/aromatic N) is 1. The SMILES string of the molecule is Cc1ccc(C=C(C#N)C(F)(F)F)cc1. The van der Waals surface area contributed by atoms with Crippen molar-refractivity contribution >= 4 is 6.08 Å². The van der Waals surface area contributed by atoms with Crippen molar-refractivity contribution in [2.24, 2.45) is 0 Å². The lowest BCUT2D eigenvalue weighted by molar-refractivity contribution is -0.0864. The Labute approximate surface area is 85.5 Å². The van der Waals surface area contributed by atoms with Gasteiger partial charge in [-0.15, -0.1) is 0 Å². The lowest BCUT2D eigenvalue weighted by Crippen LogP contribution is -2.09. The third-order valence-electron chi connectivity index (χ3n) is 1.81. The summed E-state index contributed by atoms with van der Waals surface area (Å²) in [7, 11) is 0. The molecule has 1 aromatic rings. The first kappa shape index (κ1) is 11.3. The van der Waals surface area contributed by atoms with Gasteiger partial charge in [-0.05, 0) is 18.6 Å². The van der Waals surface area contributed by atoms with Crippen molar-refractivity contribution in [1.29, 1.82) is 5.26 Å². The standard InChI is InChI=1S/C11H8F3N/c1-8-2-4-9(5-3-8)6-10(7-15)11(12,13)14/h2-6H,1H3. The smallest absolute Gasteiger partial charge is 0.192 e. The van der Waals surface area contributed by atoms with Crippen LogP contribution in [0.1, 0.15) is 11.1 Å². The summed E-state index contributed by atoms with van der Waals surface area (Å²) >= 11 is 0. The van der Waals surface area contributed by atoms with Gasteiger partial charge in [0.25, 0.3) is 0 Å². The first-order valence-corrected chi connectivity index (χ1v) is 4.19. The van der Waals surface area contributed by atoms with E-state index in [-0.39, 0.29) is 0 Å².